The highest BCUT2D eigenvalue weighted by atomic mass is 16.6. The molecule has 0 saturated carbocycles. The minimum absolute atomic E-state index is 0.352. The van der Waals surface area contributed by atoms with E-state index in [0.717, 1.165) is 26.1 Å². The van der Waals surface area contributed by atoms with Crippen molar-refractivity contribution < 1.29 is 9.53 Å². The number of ether oxygens (including phenoxy) is 1. The van der Waals surface area contributed by atoms with Crippen molar-refractivity contribution in [2.45, 2.75) is 53.2 Å². The molecule has 0 aliphatic heterocycles. The van der Waals surface area contributed by atoms with Crippen molar-refractivity contribution in [2.24, 2.45) is 11.8 Å². The van der Waals surface area contributed by atoms with Crippen LogP contribution in [0, 0.1) is 11.8 Å². The summed E-state index contributed by atoms with van der Waals surface area (Å²) in [5.74, 6) is 0.849. The number of amides is 1. The van der Waals surface area contributed by atoms with Gasteiger partial charge in [0.05, 0.1) is 6.20 Å². The normalized spacial score (nSPS) is 13.1. The van der Waals surface area contributed by atoms with Crippen LogP contribution in [0.2, 0.25) is 0 Å². The Bertz CT molecular complexity index is 440. The summed E-state index contributed by atoms with van der Waals surface area (Å²) < 4.78 is 7.09. The lowest BCUT2D eigenvalue weighted by Crippen LogP contribution is -2.39. The molecule has 0 bridgehead atoms. The molecule has 7 nitrogen and oxygen atoms in total. The molecule has 0 spiro atoms. The molecular formula is C16H31N5O2. The maximum absolute atomic E-state index is 11.7. The zero-order valence-corrected chi connectivity index (χ0v) is 15.0. The Labute approximate surface area is 139 Å². The molecule has 1 unspecified atom stereocenters. The third kappa shape index (κ3) is 9.18. The first-order chi connectivity index (χ1) is 10.8. The van der Waals surface area contributed by atoms with Gasteiger partial charge in [-0.3, -0.25) is 4.68 Å². The fourth-order valence-corrected chi connectivity index (χ4v) is 2.08. The predicted molar refractivity (Wildman–Crippen MR) is 90.1 cm³/mol. The molecule has 0 saturated heterocycles. The lowest BCUT2D eigenvalue weighted by atomic mass is 9.96. The van der Waals surface area contributed by atoms with E-state index in [1.165, 1.54) is 0 Å². The second kappa shape index (κ2) is 9.50. The van der Waals surface area contributed by atoms with E-state index in [-0.39, 0.29) is 6.09 Å². The van der Waals surface area contributed by atoms with Crippen molar-refractivity contribution in [3.05, 3.63) is 12.4 Å². The fourth-order valence-electron chi connectivity index (χ4n) is 2.08. The third-order valence-corrected chi connectivity index (χ3v) is 3.47. The molecule has 1 aromatic rings. The van der Waals surface area contributed by atoms with Crippen LogP contribution >= 0.6 is 0 Å². The summed E-state index contributed by atoms with van der Waals surface area (Å²) in [5, 5.41) is 14.0. The summed E-state index contributed by atoms with van der Waals surface area (Å²) in [4.78, 5) is 11.7. The van der Waals surface area contributed by atoms with Crippen molar-refractivity contribution in [1.82, 2.24) is 25.6 Å². The second-order valence-electron chi connectivity index (χ2n) is 7.11. The highest BCUT2D eigenvalue weighted by molar-refractivity contribution is 5.67. The number of aromatic nitrogens is 3. The van der Waals surface area contributed by atoms with Gasteiger partial charge in [0.25, 0.3) is 0 Å². The first kappa shape index (κ1) is 19.4. The molecule has 2 N–H and O–H groups in total. The monoisotopic (exact) mass is 325 g/mol. The SMILES string of the molecule is CC(C)C(CNCCCn1ccnn1)CNC(=O)OC(C)(C)C. The van der Waals surface area contributed by atoms with E-state index in [9.17, 15) is 4.79 Å². The first-order valence-corrected chi connectivity index (χ1v) is 8.29. The van der Waals surface area contributed by atoms with Crippen molar-refractivity contribution in [3.63, 3.8) is 0 Å². The van der Waals surface area contributed by atoms with Gasteiger partial charge in [0.15, 0.2) is 0 Å². The molecule has 1 rings (SSSR count). The maximum atomic E-state index is 11.7. The molecule has 0 radical (unpaired) electrons. The molecule has 1 heterocycles. The van der Waals surface area contributed by atoms with E-state index in [2.05, 4.69) is 34.8 Å². The molecule has 1 aromatic heterocycles. The Morgan fingerprint density at radius 1 is 1.30 bits per heavy atom. The maximum Gasteiger partial charge on any atom is 0.407 e. The summed E-state index contributed by atoms with van der Waals surface area (Å²) in [7, 11) is 0. The molecule has 0 aromatic carbocycles. The van der Waals surface area contributed by atoms with Crippen LogP contribution in [0.3, 0.4) is 0 Å². The summed E-state index contributed by atoms with van der Waals surface area (Å²) >= 11 is 0. The molecule has 0 fully saturated rings. The van der Waals surface area contributed by atoms with Crippen LogP contribution < -0.4 is 10.6 Å². The van der Waals surface area contributed by atoms with Gasteiger partial charge in [0.2, 0.25) is 0 Å². The zero-order valence-electron chi connectivity index (χ0n) is 15.0. The van der Waals surface area contributed by atoms with Crippen LogP contribution in [0.15, 0.2) is 12.4 Å². The van der Waals surface area contributed by atoms with E-state index in [1.54, 1.807) is 6.20 Å². The smallest absolute Gasteiger partial charge is 0.407 e. The lowest BCUT2D eigenvalue weighted by Gasteiger charge is -2.24. The average Bonchev–Trinajstić information content (AvgIpc) is 2.92. The van der Waals surface area contributed by atoms with Gasteiger partial charge in [0, 0.05) is 19.3 Å². The van der Waals surface area contributed by atoms with Crippen LogP contribution in [0.25, 0.3) is 0 Å². The summed E-state index contributed by atoms with van der Waals surface area (Å²) in [5.41, 5.74) is -0.461. The van der Waals surface area contributed by atoms with E-state index in [4.69, 9.17) is 4.74 Å². The molecule has 0 aliphatic carbocycles. The van der Waals surface area contributed by atoms with Gasteiger partial charge >= 0.3 is 6.09 Å². The largest absolute Gasteiger partial charge is 0.444 e. The number of nitrogens with zero attached hydrogens (tertiary/aromatic N) is 3. The van der Waals surface area contributed by atoms with Gasteiger partial charge in [-0.05, 0) is 52.1 Å². The standard InChI is InChI=1S/C16H31N5O2/c1-13(2)14(12-18-15(22)23-16(3,4)5)11-17-7-6-9-21-10-8-19-20-21/h8,10,13-14,17H,6-7,9,11-12H2,1-5H3,(H,18,22). The first-order valence-electron chi connectivity index (χ1n) is 8.29. The molecular weight excluding hydrogens is 294 g/mol. The highest BCUT2D eigenvalue weighted by Gasteiger charge is 2.18. The van der Waals surface area contributed by atoms with Gasteiger partial charge in [-0.1, -0.05) is 19.1 Å². The Kier molecular flexibility index (Phi) is 8.02. The quantitative estimate of drug-likeness (QED) is 0.679. The van der Waals surface area contributed by atoms with Crippen LogP contribution in [-0.4, -0.2) is 46.3 Å². The number of rotatable bonds is 9. The Morgan fingerprint density at radius 3 is 2.61 bits per heavy atom. The molecule has 1 amide bonds. The van der Waals surface area contributed by atoms with Crippen molar-refractivity contribution in [2.75, 3.05) is 19.6 Å². The van der Waals surface area contributed by atoms with Crippen LogP contribution in [-0.2, 0) is 11.3 Å². The Balaban J connectivity index is 2.20. The highest BCUT2D eigenvalue weighted by Crippen LogP contribution is 2.10. The number of carbonyl (C=O) groups excluding carboxylic acids is 1. The molecule has 132 valence electrons. The predicted octanol–water partition coefficient (Wildman–Crippen LogP) is 2.05. The molecule has 7 heteroatoms. The number of hydrogen-bond acceptors (Lipinski definition) is 5. The number of nitrogens with one attached hydrogen (secondary N) is 2. The summed E-state index contributed by atoms with van der Waals surface area (Å²) in [6.45, 7) is 13.2. The minimum Gasteiger partial charge on any atom is -0.444 e. The van der Waals surface area contributed by atoms with Gasteiger partial charge in [-0.15, -0.1) is 5.10 Å². The summed E-state index contributed by atoms with van der Waals surface area (Å²) in [6.07, 6.45) is 4.19. The fraction of sp³-hybridized carbons (Fsp3) is 0.812. The number of hydrogen-bond donors (Lipinski definition) is 2. The van der Waals surface area contributed by atoms with E-state index in [0.29, 0.717) is 18.4 Å². The Morgan fingerprint density at radius 2 is 2.04 bits per heavy atom. The average molecular weight is 325 g/mol. The van der Waals surface area contributed by atoms with Crippen LogP contribution in [0.5, 0.6) is 0 Å². The minimum atomic E-state index is -0.461. The van der Waals surface area contributed by atoms with E-state index >= 15 is 0 Å². The van der Waals surface area contributed by atoms with Crippen molar-refractivity contribution >= 4 is 6.09 Å². The lowest BCUT2D eigenvalue weighted by molar-refractivity contribution is 0.0515. The van der Waals surface area contributed by atoms with Gasteiger partial charge in [-0.25, -0.2) is 4.79 Å². The van der Waals surface area contributed by atoms with Crippen LogP contribution in [0.1, 0.15) is 41.0 Å². The van der Waals surface area contributed by atoms with Crippen molar-refractivity contribution in [3.8, 4) is 0 Å². The van der Waals surface area contributed by atoms with E-state index < -0.39 is 5.60 Å². The van der Waals surface area contributed by atoms with Crippen LogP contribution in [0.4, 0.5) is 4.79 Å². The number of aryl methyl sites for hydroxylation is 1. The number of alkyl carbamates (subject to hydrolysis) is 1. The second-order valence-corrected chi connectivity index (χ2v) is 7.11. The third-order valence-electron chi connectivity index (χ3n) is 3.47. The van der Waals surface area contributed by atoms with Crippen molar-refractivity contribution in [1.29, 1.82) is 0 Å². The Hall–Kier alpha value is -1.63. The van der Waals surface area contributed by atoms with Gasteiger partial charge in [-0.2, -0.15) is 0 Å². The number of carbonyl (C=O) groups is 1. The molecule has 1 atom stereocenters. The van der Waals surface area contributed by atoms with Gasteiger partial charge < -0.3 is 15.4 Å². The van der Waals surface area contributed by atoms with E-state index in [1.807, 2.05) is 31.6 Å². The zero-order chi connectivity index (χ0) is 17.3. The topological polar surface area (TPSA) is 81.1 Å². The van der Waals surface area contributed by atoms with Gasteiger partial charge in [0.1, 0.15) is 5.60 Å². The summed E-state index contributed by atoms with van der Waals surface area (Å²) in [6, 6.07) is 0. The molecule has 23 heavy (non-hydrogen) atoms. The molecule has 0 aliphatic rings.